The summed E-state index contributed by atoms with van der Waals surface area (Å²) in [7, 11) is 1.61. The Kier molecular flexibility index (Phi) is 9.98. The lowest BCUT2D eigenvalue weighted by Crippen LogP contribution is -2.17. The van der Waals surface area contributed by atoms with Crippen LogP contribution in [0, 0.1) is 25.5 Å². The second-order valence-corrected chi connectivity index (χ2v) is 11.3. The van der Waals surface area contributed by atoms with Gasteiger partial charge in [0.1, 0.15) is 35.3 Å². The van der Waals surface area contributed by atoms with Gasteiger partial charge in [0.15, 0.2) is 11.6 Å². The molecule has 3 N–H and O–H groups in total. The van der Waals surface area contributed by atoms with Crippen molar-refractivity contribution in [3.63, 3.8) is 0 Å². The van der Waals surface area contributed by atoms with Crippen molar-refractivity contribution in [2.75, 3.05) is 13.2 Å². The van der Waals surface area contributed by atoms with Gasteiger partial charge in [-0.25, -0.2) is 8.78 Å². The average Bonchev–Trinajstić information content (AvgIpc) is 3.41. The maximum absolute atomic E-state index is 14.6. The summed E-state index contributed by atoms with van der Waals surface area (Å²) in [4.78, 5) is 22.2. The quantitative estimate of drug-likeness (QED) is 0.169. The molecule has 0 fully saturated rings. The van der Waals surface area contributed by atoms with Gasteiger partial charge in [0.05, 0.1) is 17.6 Å². The number of ether oxygens (including phenoxy) is 2. The van der Waals surface area contributed by atoms with E-state index in [2.05, 4.69) is 0 Å². The number of aliphatic hydroxyl groups is 2. The molecular formula is C35H35F2NO8. The summed E-state index contributed by atoms with van der Waals surface area (Å²) in [6.45, 7) is 8.18. The van der Waals surface area contributed by atoms with Crippen molar-refractivity contribution in [3.05, 3.63) is 99.5 Å². The van der Waals surface area contributed by atoms with Crippen LogP contribution in [-0.2, 0) is 17.4 Å². The molecule has 0 bridgehead atoms. The molecule has 0 unspecified atom stereocenters. The molecule has 2 heterocycles. The zero-order chi connectivity index (χ0) is 33.9. The number of fused-ring (bicyclic) bond motifs is 1. The van der Waals surface area contributed by atoms with Crippen molar-refractivity contribution < 1.29 is 42.8 Å². The maximum Gasteiger partial charge on any atom is 0.300 e. The summed E-state index contributed by atoms with van der Waals surface area (Å²) in [5.74, 6) is -1.32. The van der Waals surface area contributed by atoms with E-state index in [9.17, 15) is 18.7 Å². The van der Waals surface area contributed by atoms with Crippen LogP contribution in [-0.4, -0.2) is 39.1 Å². The summed E-state index contributed by atoms with van der Waals surface area (Å²) in [6, 6.07) is 13.4. The molecular weight excluding hydrogens is 600 g/mol. The highest BCUT2D eigenvalue weighted by molar-refractivity contribution is 5.95. The van der Waals surface area contributed by atoms with Crippen LogP contribution in [0.25, 0.3) is 33.4 Å². The summed E-state index contributed by atoms with van der Waals surface area (Å²) in [6.07, 6.45) is 1.59. The standard InChI is InChI=1S/C33H31F2NO6.C2H4O2/c1-18-12-20(13-19(2)30(18)40-11-10-37)29-16-24-31(42-29)25(17-36(5)32(24)38)23-14-21(33(3,4)39)6-8-27(23)41-28-9-7-22(34)15-26(28)35;1-2(3)4/h6-9,12-17,37,39H,10-11H2,1-5H3;1H3,(H,3,4). The van der Waals surface area contributed by atoms with E-state index in [4.69, 9.17) is 28.9 Å². The molecule has 2 aromatic heterocycles. The van der Waals surface area contributed by atoms with Crippen LogP contribution in [0.5, 0.6) is 17.2 Å². The zero-order valence-corrected chi connectivity index (χ0v) is 26.3. The first kappa shape index (κ1) is 33.9. The lowest BCUT2D eigenvalue weighted by Gasteiger charge is -2.21. The summed E-state index contributed by atoms with van der Waals surface area (Å²) < 4.78 is 47.5. The molecule has 0 spiro atoms. The summed E-state index contributed by atoms with van der Waals surface area (Å²) >= 11 is 0. The minimum absolute atomic E-state index is 0.107. The number of carbonyl (C=O) groups is 1. The fourth-order valence-electron chi connectivity index (χ4n) is 4.94. The highest BCUT2D eigenvalue weighted by atomic mass is 19.1. The van der Waals surface area contributed by atoms with Gasteiger partial charge in [-0.2, -0.15) is 0 Å². The van der Waals surface area contributed by atoms with Gasteiger partial charge in [0.25, 0.3) is 11.5 Å². The molecule has 46 heavy (non-hydrogen) atoms. The fourth-order valence-corrected chi connectivity index (χ4v) is 4.94. The van der Waals surface area contributed by atoms with Crippen LogP contribution in [0.15, 0.2) is 70.0 Å². The van der Waals surface area contributed by atoms with Crippen molar-refractivity contribution in [2.45, 2.75) is 40.2 Å². The van der Waals surface area contributed by atoms with Gasteiger partial charge >= 0.3 is 0 Å². The minimum atomic E-state index is -1.22. The van der Waals surface area contributed by atoms with Crippen LogP contribution in [0.2, 0.25) is 0 Å². The number of pyridine rings is 1. The molecule has 0 aliphatic rings. The molecule has 0 aliphatic heterocycles. The number of carboxylic acids is 1. The molecule has 5 aromatic rings. The smallest absolute Gasteiger partial charge is 0.300 e. The number of furan rings is 1. The number of nitrogens with zero attached hydrogens (tertiary/aromatic N) is 1. The largest absolute Gasteiger partial charge is 0.491 e. The van der Waals surface area contributed by atoms with Crippen molar-refractivity contribution in [2.24, 2.45) is 7.05 Å². The van der Waals surface area contributed by atoms with E-state index in [-0.39, 0.29) is 35.9 Å². The lowest BCUT2D eigenvalue weighted by molar-refractivity contribution is -0.134. The molecule has 0 amide bonds. The molecule has 0 atom stereocenters. The number of benzene rings is 3. The summed E-state index contributed by atoms with van der Waals surface area (Å²) in [5.41, 5.74) is 2.61. The van der Waals surface area contributed by atoms with Crippen molar-refractivity contribution in [3.8, 4) is 39.7 Å². The number of rotatable bonds is 8. The van der Waals surface area contributed by atoms with Crippen LogP contribution < -0.4 is 15.0 Å². The first-order chi connectivity index (χ1) is 21.6. The number of hydrogen-bond acceptors (Lipinski definition) is 7. The van der Waals surface area contributed by atoms with Crippen LogP contribution in [0.3, 0.4) is 0 Å². The number of carboxylic acid groups (broad SMARTS) is 1. The number of aliphatic hydroxyl groups excluding tert-OH is 1. The minimum Gasteiger partial charge on any atom is -0.491 e. The monoisotopic (exact) mass is 635 g/mol. The van der Waals surface area contributed by atoms with E-state index in [0.29, 0.717) is 33.6 Å². The zero-order valence-electron chi connectivity index (χ0n) is 26.3. The Morgan fingerprint density at radius 1 is 0.978 bits per heavy atom. The highest BCUT2D eigenvalue weighted by Crippen LogP contribution is 2.42. The van der Waals surface area contributed by atoms with E-state index >= 15 is 0 Å². The number of aryl methyl sites for hydroxylation is 3. The Labute approximate surface area is 263 Å². The van der Waals surface area contributed by atoms with E-state index in [1.165, 1.54) is 10.6 Å². The Balaban J connectivity index is 0.00000113. The molecule has 0 saturated heterocycles. The SMILES string of the molecule is CC(=O)O.Cc1cc(-c2cc3c(=O)n(C)cc(-c4cc(C(C)(C)O)ccc4Oc4ccc(F)cc4F)c3o2)cc(C)c1OCCO. The average molecular weight is 636 g/mol. The molecule has 0 radical (unpaired) electrons. The molecule has 3 aromatic carbocycles. The van der Waals surface area contributed by atoms with Gasteiger partial charge in [-0.3, -0.25) is 9.59 Å². The van der Waals surface area contributed by atoms with Gasteiger partial charge in [0, 0.05) is 42.9 Å². The number of aromatic nitrogens is 1. The first-order valence-corrected chi connectivity index (χ1v) is 14.3. The van der Waals surface area contributed by atoms with Crippen molar-refractivity contribution in [1.82, 2.24) is 4.57 Å². The Morgan fingerprint density at radius 2 is 1.61 bits per heavy atom. The first-order valence-electron chi connectivity index (χ1n) is 14.3. The number of aliphatic carboxylic acids is 1. The van der Waals surface area contributed by atoms with Gasteiger partial charge in [0.2, 0.25) is 0 Å². The van der Waals surface area contributed by atoms with Crippen molar-refractivity contribution in [1.29, 1.82) is 0 Å². The molecule has 0 saturated carbocycles. The third-order valence-corrected chi connectivity index (χ3v) is 7.02. The Bertz CT molecular complexity index is 1940. The van der Waals surface area contributed by atoms with E-state index in [0.717, 1.165) is 35.7 Å². The summed E-state index contributed by atoms with van der Waals surface area (Å²) in [5, 5.41) is 27.6. The van der Waals surface area contributed by atoms with Gasteiger partial charge < -0.3 is 33.8 Å². The van der Waals surface area contributed by atoms with Gasteiger partial charge in [-0.05, 0) is 86.8 Å². The molecule has 5 rings (SSSR count). The third-order valence-electron chi connectivity index (χ3n) is 7.02. The predicted molar refractivity (Wildman–Crippen MR) is 169 cm³/mol. The second kappa shape index (κ2) is 13.6. The predicted octanol–water partition coefficient (Wildman–Crippen LogP) is 6.84. The van der Waals surface area contributed by atoms with Gasteiger partial charge in [-0.15, -0.1) is 0 Å². The Morgan fingerprint density at radius 3 is 2.20 bits per heavy atom. The van der Waals surface area contributed by atoms with Gasteiger partial charge in [-0.1, -0.05) is 6.07 Å². The normalized spacial score (nSPS) is 11.3. The lowest BCUT2D eigenvalue weighted by atomic mass is 9.93. The van der Waals surface area contributed by atoms with Crippen LogP contribution in [0.1, 0.15) is 37.5 Å². The molecule has 9 nitrogen and oxygen atoms in total. The number of halogens is 2. The maximum atomic E-state index is 14.6. The van der Waals surface area contributed by atoms with Crippen LogP contribution in [0.4, 0.5) is 8.78 Å². The van der Waals surface area contributed by atoms with E-state index < -0.39 is 23.2 Å². The topological polar surface area (TPSA) is 131 Å². The highest BCUT2D eigenvalue weighted by Gasteiger charge is 2.24. The van der Waals surface area contributed by atoms with E-state index in [1.54, 1.807) is 51.4 Å². The molecule has 11 heteroatoms. The van der Waals surface area contributed by atoms with Crippen molar-refractivity contribution >= 4 is 16.9 Å². The fraction of sp³-hybridized carbons (Fsp3) is 0.257. The Hall–Kier alpha value is -5.00. The second-order valence-electron chi connectivity index (χ2n) is 11.3. The third kappa shape index (κ3) is 7.44. The van der Waals surface area contributed by atoms with Crippen LogP contribution >= 0.6 is 0 Å². The molecule has 0 aliphatic carbocycles. The number of hydrogen-bond donors (Lipinski definition) is 3. The molecule has 242 valence electrons. The van der Waals surface area contributed by atoms with E-state index in [1.807, 2.05) is 26.0 Å².